The number of aromatic nitrogens is 2. The first-order chi connectivity index (χ1) is 8.89. The van der Waals surface area contributed by atoms with Gasteiger partial charge in [0.05, 0.1) is 11.1 Å². The van der Waals surface area contributed by atoms with Gasteiger partial charge in [0.2, 0.25) is 0 Å². The third-order valence-electron chi connectivity index (χ3n) is 3.53. The Balaban J connectivity index is 3.28. The minimum absolute atomic E-state index is 0.223. The van der Waals surface area contributed by atoms with Crippen molar-refractivity contribution in [1.82, 2.24) is 9.55 Å². The molecule has 0 aliphatic heterocycles. The van der Waals surface area contributed by atoms with Crippen LogP contribution in [0.4, 0.5) is 5.69 Å². The van der Waals surface area contributed by atoms with E-state index in [0.717, 1.165) is 19.0 Å². The Labute approximate surface area is 115 Å². The normalized spacial score (nSPS) is 11.5. The van der Waals surface area contributed by atoms with Gasteiger partial charge in [0, 0.05) is 6.54 Å². The second-order valence-corrected chi connectivity index (χ2v) is 4.84. The maximum absolute atomic E-state index is 11.7. The molecule has 0 bridgehead atoms. The van der Waals surface area contributed by atoms with E-state index in [4.69, 9.17) is 0 Å². The number of rotatable bonds is 6. The van der Waals surface area contributed by atoms with Gasteiger partial charge in [0.1, 0.15) is 0 Å². The summed E-state index contributed by atoms with van der Waals surface area (Å²) in [5, 5.41) is 10.7. The van der Waals surface area contributed by atoms with Gasteiger partial charge in [-0.1, -0.05) is 13.8 Å². The molecule has 19 heavy (non-hydrogen) atoms. The molecule has 1 aromatic rings. The molecule has 0 fully saturated rings. The van der Waals surface area contributed by atoms with E-state index >= 15 is 0 Å². The summed E-state index contributed by atoms with van der Waals surface area (Å²) in [4.78, 5) is 34.9. The number of aromatic amines is 1. The smallest absolute Gasteiger partial charge is 0.293 e. The lowest BCUT2D eigenvalue weighted by Gasteiger charge is -2.30. The Morgan fingerprint density at radius 1 is 1.42 bits per heavy atom. The number of H-pyrrole nitrogens is 1. The SMILES string of the molecule is CCC(CC)(CS)Cn1cc([N+](=O)[O-])c(=O)[nH]c1=O. The number of hydrogen-bond donors (Lipinski definition) is 2. The van der Waals surface area contributed by atoms with Crippen LogP contribution in [0, 0.1) is 15.5 Å². The maximum atomic E-state index is 11.7. The Morgan fingerprint density at radius 2 is 2.00 bits per heavy atom. The zero-order chi connectivity index (χ0) is 14.6. The number of nitrogens with zero attached hydrogens (tertiary/aromatic N) is 2. The van der Waals surface area contributed by atoms with E-state index in [-0.39, 0.29) is 5.41 Å². The maximum Gasteiger partial charge on any atom is 0.350 e. The Hall–Kier alpha value is -1.57. The topological polar surface area (TPSA) is 98.0 Å². The lowest BCUT2D eigenvalue weighted by atomic mass is 9.84. The average molecular weight is 287 g/mol. The molecule has 0 atom stereocenters. The van der Waals surface area contributed by atoms with Crippen LogP contribution >= 0.6 is 12.6 Å². The first-order valence-electron chi connectivity index (χ1n) is 5.98. The molecule has 1 aromatic heterocycles. The molecule has 1 rings (SSSR count). The summed E-state index contributed by atoms with van der Waals surface area (Å²) in [5.41, 5.74) is -2.46. The summed E-state index contributed by atoms with van der Waals surface area (Å²) >= 11 is 4.29. The molecule has 0 aromatic carbocycles. The molecule has 7 nitrogen and oxygen atoms in total. The van der Waals surface area contributed by atoms with Crippen molar-refractivity contribution in [2.45, 2.75) is 33.2 Å². The molecule has 0 unspecified atom stereocenters. The zero-order valence-corrected chi connectivity index (χ0v) is 11.8. The summed E-state index contributed by atoms with van der Waals surface area (Å²) in [5.74, 6) is 0.555. The van der Waals surface area contributed by atoms with Crippen LogP contribution < -0.4 is 11.2 Å². The van der Waals surface area contributed by atoms with E-state index < -0.39 is 21.9 Å². The molecular weight excluding hydrogens is 270 g/mol. The van der Waals surface area contributed by atoms with Crippen LogP contribution in [-0.2, 0) is 6.54 Å². The molecule has 0 saturated heterocycles. The van der Waals surface area contributed by atoms with E-state index in [1.54, 1.807) is 0 Å². The third kappa shape index (κ3) is 3.25. The minimum Gasteiger partial charge on any atom is -0.293 e. The van der Waals surface area contributed by atoms with Crippen molar-refractivity contribution in [3.63, 3.8) is 0 Å². The van der Waals surface area contributed by atoms with Gasteiger partial charge in [-0.15, -0.1) is 0 Å². The van der Waals surface area contributed by atoms with Crippen molar-refractivity contribution in [3.8, 4) is 0 Å². The van der Waals surface area contributed by atoms with Crippen LogP contribution in [0.3, 0.4) is 0 Å². The molecule has 1 N–H and O–H groups in total. The summed E-state index contributed by atoms with van der Waals surface area (Å²) in [6.07, 6.45) is 2.57. The van der Waals surface area contributed by atoms with Crippen molar-refractivity contribution in [2.24, 2.45) is 5.41 Å². The molecule has 0 spiro atoms. The lowest BCUT2D eigenvalue weighted by Crippen LogP contribution is -2.37. The van der Waals surface area contributed by atoms with Crippen LogP contribution in [0.25, 0.3) is 0 Å². The fourth-order valence-electron chi connectivity index (χ4n) is 1.85. The summed E-state index contributed by atoms with van der Waals surface area (Å²) in [6.45, 7) is 4.25. The first kappa shape index (κ1) is 15.5. The predicted molar refractivity (Wildman–Crippen MR) is 74.8 cm³/mol. The Bertz CT molecular complexity index is 566. The van der Waals surface area contributed by atoms with Gasteiger partial charge in [-0.25, -0.2) is 4.79 Å². The van der Waals surface area contributed by atoms with Crippen LogP contribution in [0.15, 0.2) is 15.8 Å². The summed E-state index contributed by atoms with van der Waals surface area (Å²) in [6, 6.07) is 0. The van der Waals surface area contributed by atoms with Crippen molar-refractivity contribution < 1.29 is 4.92 Å². The fraction of sp³-hybridized carbons (Fsp3) is 0.636. The van der Waals surface area contributed by atoms with E-state index in [1.165, 1.54) is 4.57 Å². The second kappa shape index (κ2) is 6.05. The first-order valence-corrected chi connectivity index (χ1v) is 6.61. The largest absolute Gasteiger partial charge is 0.350 e. The van der Waals surface area contributed by atoms with E-state index in [0.29, 0.717) is 12.3 Å². The highest BCUT2D eigenvalue weighted by molar-refractivity contribution is 7.80. The Kier molecular flexibility index (Phi) is 4.93. The van der Waals surface area contributed by atoms with E-state index in [1.807, 2.05) is 18.8 Å². The molecule has 0 amide bonds. The number of nitro groups is 1. The number of nitrogens with one attached hydrogen (secondary N) is 1. The number of thiol groups is 1. The molecule has 0 aliphatic carbocycles. The number of hydrogen-bond acceptors (Lipinski definition) is 5. The highest BCUT2D eigenvalue weighted by Gasteiger charge is 2.27. The van der Waals surface area contributed by atoms with Crippen LogP contribution in [0.5, 0.6) is 0 Å². The van der Waals surface area contributed by atoms with Gasteiger partial charge in [0.25, 0.3) is 0 Å². The predicted octanol–water partition coefficient (Wildman–Crippen LogP) is 1.18. The van der Waals surface area contributed by atoms with Gasteiger partial charge in [-0.05, 0) is 24.0 Å². The molecular formula is C11H17N3O4S. The van der Waals surface area contributed by atoms with Gasteiger partial charge in [0.15, 0.2) is 0 Å². The summed E-state index contributed by atoms with van der Waals surface area (Å²) in [7, 11) is 0. The van der Waals surface area contributed by atoms with Crippen LogP contribution in [-0.4, -0.2) is 20.2 Å². The van der Waals surface area contributed by atoms with Crippen molar-refractivity contribution in [2.75, 3.05) is 5.75 Å². The third-order valence-corrected chi connectivity index (χ3v) is 4.20. The van der Waals surface area contributed by atoms with Gasteiger partial charge in [-0.3, -0.25) is 24.5 Å². The second-order valence-electron chi connectivity index (χ2n) is 4.52. The molecule has 0 aliphatic rings. The lowest BCUT2D eigenvalue weighted by molar-refractivity contribution is -0.386. The van der Waals surface area contributed by atoms with Crippen LogP contribution in [0.2, 0.25) is 0 Å². The molecule has 0 saturated carbocycles. The van der Waals surface area contributed by atoms with E-state index in [9.17, 15) is 19.7 Å². The average Bonchev–Trinajstić information content (AvgIpc) is 2.38. The quantitative estimate of drug-likeness (QED) is 0.466. The monoisotopic (exact) mass is 287 g/mol. The minimum atomic E-state index is -0.976. The van der Waals surface area contributed by atoms with Gasteiger partial charge < -0.3 is 0 Å². The summed E-state index contributed by atoms with van der Waals surface area (Å²) < 4.78 is 1.18. The standard InChI is InChI=1S/C11H17N3O4S/c1-3-11(4-2,7-19)6-13-5-8(14(17)18)9(15)12-10(13)16/h5,19H,3-4,6-7H2,1-2H3,(H,12,15,16). The molecule has 0 radical (unpaired) electrons. The highest BCUT2D eigenvalue weighted by Crippen LogP contribution is 2.29. The zero-order valence-electron chi connectivity index (χ0n) is 10.9. The Morgan fingerprint density at radius 3 is 2.42 bits per heavy atom. The highest BCUT2D eigenvalue weighted by atomic mass is 32.1. The fourth-order valence-corrected chi connectivity index (χ4v) is 2.40. The molecule has 106 valence electrons. The van der Waals surface area contributed by atoms with Crippen molar-refractivity contribution in [1.29, 1.82) is 0 Å². The van der Waals surface area contributed by atoms with Crippen molar-refractivity contribution >= 4 is 18.3 Å². The van der Waals surface area contributed by atoms with E-state index in [2.05, 4.69) is 12.6 Å². The van der Waals surface area contributed by atoms with Gasteiger partial charge >= 0.3 is 16.9 Å². The van der Waals surface area contributed by atoms with Crippen LogP contribution in [0.1, 0.15) is 26.7 Å². The van der Waals surface area contributed by atoms with Gasteiger partial charge in [-0.2, -0.15) is 12.6 Å². The van der Waals surface area contributed by atoms with Crippen molar-refractivity contribution in [3.05, 3.63) is 37.1 Å². The molecule has 8 heteroatoms. The molecule has 1 heterocycles.